The van der Waals surface area contributed by atoms with Gasteiger partial charge in [0.1, 0.15) is 18.9 Å². The highest BCUT2D eigenvalue weighted by atomic mass is 16.2. The first kappa shape index (κ1) is 14.6. The van der Waals surface area contributed by atoms with Gasteiger partial charge in [-0.3, -0.25) is 19.5 Å². The van der Waals surface area contributed by atoms with Crippen LogP contribution in [0, 0.1) is 0 Å². The van der Waals surface area contributed by atoms with Crippen molar-refractivity contribution in [3.63, 3.8) is 0 Å². The molecule has 5 N–H and O–H groups in total. The minimum Gasteiger partial charge on any atom is -0.368 e. The minimum atomic E-state index is -0.755. The minimum absolute atomic E-state index is 0.0646. The molecule has 3 amide bonds. The standard InChI is InChI=1S/C10H16N6O3/c1-5(2)8-13-9(15-14-8)10(19)16(3-6(11)17)4-7(12)18/h5H,3-4H2,1-2H3,(H2,11,17)(H2,12,18)(H,13,14,15). The molecule has 0 saturated carbocycles. The SMILES string of the molecule is CC(C)c1nc(C(=O)N(CC(N)=O)CC(N)=O)n[nH]1. The summed E-state index contributed by atoms with van der Waals surface area (Å²) in [6.07, 6.45) is 0. The zero-order chi connectivity index (χ0) is 14.6. The third-order valence-electron chi connectivity index (χ3n) is 2.22. The van der Waals surface area contributed by atoms with Crippen molar-refractivity contribution in [1.29, 1.82) is 0 Å². The first-order valence-corrected chi connectivity index (χ1v) is 5.59. The Hall–Kier alpha value is -2.45. The average Bonchev–Trinajstić information content (AvgIpc) is 2.75. The van der Waals surface area contributed by atoms with Gasteiger partial charge in [0.15, 0.2) is 0 Å². The van der Waals surface area contributed by atoms with Crippen molar-refractivity contribution in [3.05, 3.63) is 11.6 Å². The number of carbonyl (C=O) groups excluding carboxylic acids is 3. The lowest BCUT2D eigenvalue weighted by molar-refractivity contribution is -0.121. The highest BCUT2D eigenvalue weighted by molar-refractivity contribution is 5.95. The van der Waals surface area contributed by atoms with Gasteiger partial charge < -0.3 is 16.4 Å². The number of hydrogen-bond acceptors (Lipinski definition) is 5. The molecule has 104 valence electrons. The Labute approximate surface area is 109 Å². The predicted octanol–water partition coefficient (Wildman–Crippen LogP) is -1.66. The van der Waals surface area contributed by atoms with Crippen molar-refractivity contribution >= 4 is 17.7 Å². The Morgan fingerprint density at radius 2 is 1.74 bits per heavy atom. The van der Waals surface area contributed by atoms with Crippen LogP contribution in [-0.4, -0.2) is 50.9 Å². The Bertz CT molecular complexity index is 479. The first-order valence-electron chi connectivity index (χ1n) is 5.59. The summed E-state index contributed by atoms with van der Waals surface area (Å²) < 4.78 is 0. The van der Waals surface area contributed by atoms with E-state index in [0.29, 0.717) is 5.82 Å². The molecule has 1 rings (SSSR count). The van der Waals surface area contributed by atoms with Gasteiger partial charge in [0.25, 0.3) is 5.91 Å². The number of aromatic nitrogens is 3. The van der Waals surface area contributed by atoms with E-state index in [4.69, 9.17) is 11.5 Å². The second kappa shape index (κ2) is 5.94. The molecule has 0 radical (unpaired) electrons. The molecular formula is C10H16N6O3. The maximum Gasteiger partial charge on any atom is 0.294 e. The van der Waals surface area contributed by atoms with E-state index in [1.807, 2.05) is 13.8 Å². The number of nitrogens with two attached hydrogens (primary N) is 2. The van der Waals surface area contributed by atoms with E-state index in [1.165, 1.54) is 0 Å². The molecule has 0 unspecified atom stereocenters. The largest absolute Gasteiger partial charge is 0.368 e. The van der Waals surface area contributed by atoms with Crippen LogP contribution in [0.2, 0.25) is 0 Å². The molecule has 0 aliphatic heterocycles. The van der Waals surface area contributed by atoms with E-state index in [0.717, 1.165) is 4.90 Å². The van der Waals surface area contributed by atoms with Crippen LogP contribution in [0.15, 0.2) is 0 Å². The molecule has 9 heteroatoms. The lowest BCUT2D eigenvalue weighted by Gasteiger charge is -2.17. The van der Waals surface area contributed by atoms with Crippen LogP contribution in [0.1, 0.15) is 36.2 Å². The topological polar surface area (TPSA) is 148 Å². The van der Waals surface area contributed by atoms with Crippen molar-refractivity contribution < 1.29 is 14.4 Å². The predicted molar refractivity (Wildman–Crippen MR) is 64.8 cm³/mol. The fourth-order valence-electron chi connectivity index (χ4n) is 1.35. The fourth-order valence-corrected chi connectivity index (χ4v) is 1.35. The molecule has 1 aromatic rings. The van der Waals surface area contributed by atoms with E-state index < -0.39 is 30.8 Å². The zero-order valence-electron chi connectivity index (χ0n) is 10.7. The van der Waals surface area contributed by atoms with E-state index >= 15 is 0 Å². The summed E-state index contributed by atoms with van der Waals surface area (Å²) in [6, 6.07) is 0. The van der Waals surface area contributed by atoms with Crippen LogP contribution < -0.4 is 11.5 Å². The number of H-pyrrole nitrogens is 1. The summed E-state index contributed by atoms with van der Waals surface area (Å²) in [4.78, 5) is 38.6. The second-order valence-electron chi connectivity index (χ2n) is 4.29. The van der Waals surface area contributed by atoms with Crippen LogP contribution in [0.5, 0.6) is 0 Å². The molecule has 0 aliphatic rings. The molecule has 19 heavy (non-hydrogen) atoms. The Morgan fingerprint density at radius 1 is 1.21 bits per heavy atom. The van der Waals surface area contributed by atoms with Crippen LogP contribution >= 0.6 is 0 Å². The van der Waals surface area contributed by atoms with Gasteiger partial charge in [-0.25, -0.2) is 4.98 Å². The van der Waals surface area contributed by atoms with Crippen molar-refractivity contribution in [2.75, 3.05) is 13.1 Å². The number of nitrogens with zero attached hydrogens (tertiary/aromatic N) is 3. The quantitative estimate of drug-likeness (QED) is 0.564. The molecule has 0 bridgehead atoms. The number of amides is 3. The lowest BCUT2D eigenvalue weighted by atomic mass is 10.2. The summed E-state index contributed by atoms with van der Waals surface area (Å²) in [7, 11) is 0. The van der Waals surface area contributed by atoms with Crippen molar-refractivity contribution in [1.82, 2.24) is 20.1 Å². The lowest BCUT2D eigenvalue weighted by Crippen LogP contribution is -2.43. The van der Waals surface area contributed by atoms with Gasteiger partial charge in [0.2, 0.25) is 17.6 Å². The smallest absolute Gasteiger partial charge is 0.294 e. The highest BCUT2D eigenvalue weighted by Crippen LogP contribution is 2.08. The number of rotatable bonds is 6. The number of nitrogens with one attached hydrogen (secondary N) is 1. The van der Waals surface area contributed by atoms with Crippen LogP contribution in [-0.2, 0) is 9.59 Å². The molecule has 0 fully saturated rings. The third-order valence-corrected chi connectivity index (χ3v) is 2.22. The Balaban J connectivity index is 2.90. The van der Waals surface area contributed by atoms with Gasteiger partial charge >= 0.3 is 0 Å². The van der Waals surface area contributed by atoms with E-state index in [-0.39, 0.29) is 11.7 Å². The third kappa shape index (κ3) is 4.05. The van der Waals surface area contributed by atoms with Gasteiger partial charge in [0, 0.05) is 5.92 Å². The van der Waals surface area contributed by atoms with Gasteiger partial charge in [0.05, 0.1) is 0 Å². The molecule has 0 aromatic carbocycles. The van der Waals surface area contributed by atoms with Gasteiger partial charge in [-0.2, -0.15) is 0 Å². The van der Waals surface area contributed by atoms with Crippen LogP contribution in [0.4, 0.5) is 0 Å². The van der Waals surface area contributed by atoms with E-state index in [9.17, 15) is 14.4 Å². The van der Waals surface area contributed by atoms with E-state index in [1.54, 1.807) is 0 Å². The van der Waals surface area contributed by atoms with Gasteiger partial charge in [-0.15, -0.1) is 5.10 Å². The van der Waals surface area contributed by atoms with Crippen molar-refractivity contribution in [2.45, 2.75) is 19.8 Å². The van der Waals surface area contributed by atoms with Crippen LogP contribution in [0.25, 0.3) is 0 Å². The summed E-state index contributed by atoms with van der Waals surface area (Å²) in [6.45, 7) is 2.90. The summed E-state index contributed by atoms with van der Waals surface area (Å²) in [5, 5.41) is 6.35. The molecular weight excluding hydrogens is 252 g/mol. The molecule has 1 aromatic heterocycles. The number of primary amides is 2. The molecule has 0 saturated heterocycles. The number of aromatic amines is 1. The fraction of sp³-hybridized carbons (Fsp3) is 0.500. The number of hydrogen-bond donors (Lipinski definition) is 3. The maximum atomic E-state index is 12.0. The van der Waals surface area contributed by atoms with E-state index in [2.05, 4.69) is 15.2 Å². The first-order chi connectivity index (χ1) is 8.81. The summed E-state index contributed by atoms with van der Waals surface area (Å²) in [5.74, 6) is -1.73. The molecule has 9 nitrogen and oxygen atoms in total. The normalized spacial score (nSPS) is 10.5. The molecule has 0 atom stereocenters. The Kier molecular flexibility index (Phi) is 4.56. The molecule has 1 heterocycles. The summed E-state index contributed by atoms with van der Waals surface area (Å²) >= 11 is 0. The summed E-state index contributed by atoms with van der Waals surface area (Å²) in [5.41, 5.74) is 10.0. The maximum absolute atomic E-state index is 12.0. The molecule has 0 aliphatic carbocycles. The van der Waals surface area contributed by atoms with Crippen molar-refractivity contribution in [3.8, 4) is 0 Å². The average molecular weight is 268 g/mol. The highest BCUT2D eigenvalue weighted by Gasteiger charge is 2.23. The van der Waals surface area contributed by atoms with Gasteiger partial charge in [-0.05, 0) is 0 Å². The number of carbonyl (C=O) groups is 3. The van der Waals surface area contributed by atoms with Crippen molar-refractivity contribution in [2.24, 2.45) is 11.5 Å². The molecule has 0 spiro atoms. The monoisotopic (exact) mass is 268 g/mol. The van der Waals surface area contributed by atoms with Gasteiger partial charge in [-0.1, -0.05) is 13.8 Å². The Morgan fingerprint density at radius 3 is 2.11 bits per heavy atom. The van der Waals surface area contributed by atoms with Crippen LogP contribution in [0.3, 0.4) is 0 Å². The zero-order valence-corrected chi connectivity index (χ0v) is 10.7. The second-order valence-corrected chi connectivity index (χ2v) is 4.29.